The van der Waals surface area contributed by atoms with Crippen molar-refractivity contribution in [3.05, 3.63) is 71.3 Å². The lowest BCUT2D eigenvalue weighted by Crippen LogP contribution is -2.09. The number of ketones is 1. The summed E-state index contributed by atoms with van der Waals surface area (Å²) >= 11 is 0. The largest absolute Gasteiger partial charge is 0.508 e. The van der Waals surface area contributed by atoms with Crippen molar-refractivity contribution < 1.29 is 24.9 Å². The second kappa shape index (κ2) is 5.46. The molecule has 0 spiro atoms. The van der Waals surface area contributed by atoms with E-state index in [0.717, 1.165) is 0 Å². The number of fused-ring (bicyclic) bond motifs is 1. The molecule has 0 unspecified atom stereocenters. The summed E-state index contributed by atoms with van der Waals surface area (Å²) < 4.78 is 0. The number of phenols is 2. The second-order valence-electron chi connectivity index (χ2n) is 5.08. The van der Waals surface area contributed by atoms with Crippen LogP contribution in [0.5, 0.6) is 11.5 Å². The Labute approximate surface area is 131 Å². The normalized spacial score (nSPS) is 10.6. The molecular formula is C18H12O5. The minimum atomic E-state index is -1.21. The van der Waals surface area contributed by atoms with Gasteiger partial charge < -0.3 is 15.3 Å². The van der Waals surface area contributed by atoms with Crippen molar-refractivity contribution in [1.82, 2.24) is 0 Å². The molecule has 5 heteroatoms. The average molecular weight is 308 g/mol. The molecule has 0 saturated heterocycles. The standard InChI is InChI=1S/C18H12O5/c19-12-6-5-10-8-15(16(20)9-11(10)7-12)17(21)13-3-1-2-4-14(13)18(22)23/h1-9,19-20H,(H,22,23). The van der Waals surface area contributed by atoms with Crippen LogP contribution in [0.3, 0.4) is 0 Å². The monoisotopic (exact) mass is 308 g/mol. The highest BCUT2D eigenvalue weighted by atomic mass is 16.4. The first-order valence-electron chi connectivity index (χ1n) is 6.80. The number of carboxylic acid groups (broad SMARTS) is 1. The topological polar surface area (TPSA) is 94.8 Å². The number of phenolic OH excluding ortho intramolecular Hbond substituents is 2. The number of rotatable bonds is 3. The molecule has 0 aromatic heterocycles. The Balaban J connectivity index is 2.17. The lowest BCUT2D eigenvalue weighted by Gasteiger charge is -2.09. The van der Waals surface area contributed by atoms with Gasteiger partial charge in [0, 0.05) is 5.56 Å². The minimum Gasteiger partial charge on any atom is -0.508 e. The highest BCUT2D eigenvalue weighted by molar-refractivity contribution is 6.16. The lowest BCUT2D eigenvalue weighted by molar-refractivity contribution is 0.0692. The number of hydrogen-bond acceptors (Lipinski definition) is 4. The van der Waals surface area contributed by atoms with Crippen LogP contribution in [0.15, 0.2) is 54.6 Å². The molecule has 3 N–H and O–H groups in total. The van der Waals surface area contributed by atoms with Crippen LogP contribution in [0.4, 0.5) is 0 Å². The van der Waals surface area contributed by atoms with Crippen molar-refractivity contribution >= 4 is 22.5 Å². The maximum atomic E-state index is 12.6. The van der Waals surface area contributed by atoms with Gasteiger partial charge in [-0.3, -0.25) is 4.79 Å². The molecule has 0 saturated carbocycles. The smallest absolute Gasteiger partial charge is 0.336 e. The number of aromatic carboxylic acids is 1. The molecule has 3 aromatic carbocycles. The Bertz CT molecular complexity index is 943. The summed E-state index contributed by atoms with van der Waals surface area (Å²) in [4.78, 5) is 23.9. The number of carbonyl (C=O) groups is 2. The molecule has 5 nitrogen and oxygen atoms in total. The highest BCUT2D eigenvalue weighted by Crippen LogP contribution is 2.29. The van der Waals surface area contributed by atoms with Crippen molar-refractivity contribution in [3.8, 4) is 11.5 Å². The fourth-order valence-electron chi connectivity index (χ4n) is 2.47. The van der Waals surface area contributed by atoms with Gasteiger partial charge >= 0.3 is 5.97 Å². The van der Waals surface area contributed by atoms with Crippen molar-refractivity contribution in [1.29, 1.82) is 0 Å². The Morgan fingerprint density at radius 1 is 0.739 bits per heavy atom. The number of benzene rings is 3. The molecule has 3 rings (SSSR count). The molecule has 0 fully saturated rings. The van der Waals surface area contributed by atoms with Gasteiger partial charge in [-0.05, 0) is 41.1 Å². The predicted octanol–water partition coefficient (Wildman–Crippen LogP) is 3.18. The number of carboxylic acids is 1. The van der Waals surface area contributed by atoms with E-state index in [-0.39, 0.29) is 28.2 Å². The molecule has 0 aliphatic carbocycles. The molecule has 0 radical (unpaired) electrons. The summed E-state index contributed by atoms with van der Waals surface area (Å²) in [6.45, 7) is 0. The van der Waals surface area contributed by atoms with Crippen LogP contribution in [0.25, 0.3) is 10.8 Å². The summed E-state index contributed by atoms with van der Waals surface area (Å²) in [7, 11) is 0. The van der Waals surface area contributed by atoms with Gasteiger partial charge in [-0.15, -0.1) is 0 Å². The van der Waals surface area contributed by atoms with Crippen LogP contribution >= 0.6 is 0 Å². The number of aromatic hydroxyl groups is 2. The van der Waals surface area contributed by atoms with Crippen LogP contribution in [0.1, 0.15) is 26.3 Å². The molecular weight excluding hydrogens is 296 g/mol. The molecule has 0 aliphatic rings. The first kappa shape index (κ1) is 14.6. The Hall–Kier alpha value is -3.34. The summed E-state index contributed by atoms with van der Waals surface area (Å²) in [5.41, 5.74) is -0.104. The molecule has 23 heavy (non-hydrogen) atoms. The zero-order chi connectivity index (χ0) is 16.6. The molecule has 0 bridgehead atoms. The Morgan fingerprint density at radius 3 is 2.13 bits per heavy atom. The van der Waals surface area contributed by atoms with E-state index < -0.39 is 11.8 Å². The molecule has 114 valence electrons. The average Bonchev–Trinajstić information content (AvgIpc) is 2.53. The van der Waals surface area contributed by atoms with Crippen molar-refractivity contribution in [2.75, 3.05) is 0 Å². The van der Waals surface area contributed by atoms with Gasteiger partial charge in [-0.25, -0.2) is 4.79 Å². The van der Waals surface area contributed by atoms with E-state index in [9.17, 15) is 24.9 Å². The SMILES string of the molecule is O=C(O)c1ccccc1C(=O)c1cc2ccc(O)cc2cc1O. The van der Waals surface area contributed by atoms with Crippen LogP contribution in [-0.4, -0.2) is 27.1 Å². The zero-order valence-corrected chi connectivity index (χ0v) is 11.9. The zero-order valence-electron chi connectivity index (χ0n) is 11.9. The third-order valence-electron chi connectivity index (χ3n) is 3.59. The Kier molecular flexibility index (Phi) is 3.46. The molecule has 0 aliphatic heterocycles. The third kappa shape index (κ3) is 2.60. The molecule has 0 heterocycles. The van der Waals surface area contributed by atoms with Crippen LogP contribution in [0.2, 0.25) is 0 Å². The van der Waals surface area contributed by atoms with Gasteiger partial charge in [0.25, 0.3) is 0 Å². The third-order valence-corrected chi connectivity index (χ3v) is 3.59. The quantitative estimate of drug-likeness (QED) is 0.646. The molecule has 0 amide bonds. The number of hydrogen-bond donors (Lipinski definition) is 3. The van der Waals surface area contributed by atoms with Gasteiger partial charge in [0.15, 0.2) is 5.78 Å². The maximum Gasteiger partial charge on any atom is 0.336 e. The lowest BCUT2D eigenvalue weighted by atomic mass is 9.95. The van der Waals surface area contributed by atoms with E-state index in [1.54, 1.807) is 12.1 Å². The van der Waals surface area contributed by atoms with E-state index in [1.165, 1.54) is 42.5 Å². The fourth-order valence-corrected chi connectivity index (χ4v) is 2.47. The molecule has 0 atom stereocenters. The van der Waals surface area contributed by atoms with Gasteiger partial charge in [0.1, 0.15) is 11.5 Å². The van der Waals surface area contributed by atoms with E-state index in [1.807, 2.05) is 0 Å². The number of carbonyl (C=O) groups excluding carboxylic acids is 1. The van der Waals surface area contributed by atoms with Gasteiger partial charge in [0.05, 0.1) is 11.1 Å². The fraction of sp³-hybridized carbons (Fsp3) is 0. The first-order chi connectivity index (χ1) is 11.0. The first-order valence-corrected chi connectivity index (χ1v) is 6.80. The van der Waals surface area contributed by atoms with E-state index >= 15 is 0 Å². The van der Waals surface area contributed by atoms with Gasteiger partial charge in [-0.2, -0.15) is 0 Å². The van der Waals surface area contributed by atoms with Crippen molar-refractivity contribution in [2.24, 2.45) is 0 Å². The highest BCUT2D eigenvalue weighted by Gasteiger charge is 2.20. The van der Waals surface area contributed by atoms with Crippen LogP contribution in [-0.2, 0) is 0 Å². The second-order valence-corrected chi connectivity index (χ2v) is 5.08. The summed E-state index contributed by atoms with van der Waals surface area (Å²) in [5.74, 6) is -2.00. The predicted molar refractivity (Wildman–Crippen MR) is 84.1 cm³/mol. The maximum absolute atomic E-state index is 12.6. The van der Waals surface area contributed by atoms with E-state index in [4.69, 9.17) is 0 Å². The summed E-state index contributed by atoms with van der Waals surface area (Å²) in [6, 6.07) is 13.2. The van der Waals surface area contributed by atoms with Gasteiger partial charge in [-0.1, -0.05) is 24.3 Å². The van der Waals surface area contributed by atoms with Crippen LogP contribution in [0, 0.1) is 0 Å². The van der Waals surface area contributed by atoms with Crippen molar-refractivity contribution in [2.45, 2.75) is 0 Å². The van der Waals surface area contributed by atoms with E-state index in [0.29, 0.717) is 10.8 Å². The van der Waals surface area contributed by atoms with Gasteiger partial charge in [0.2, 0.25) is 0 Å². The Morgan fingerprint density at radius 2 is 1.43 bits per heavy atom. The summed E-state index contributed by atoms with van der Waals surface area (Å²) in [6.07, 6.45) is 0. The summed E-state index contributed by atoms with van der Waals surface area (Å²) in [5, 5.41) is 30.0. The van der Waals surface area contributed by atoms with E-state index in [2.05, 4.69) is 0 Å². The minimum absolute atomic E-state index is 0.00780. The van der Waals surface area contributed by atoms with Crippen molar-refractivity contribution in [3.63, 3.8) is 0 Å². The molecule has 3 aromatic rings. The van der Waals surface area contributed by atoms with Crippen LogP contribution < -0.4 is 0 Å².